The van der Waals surface area contributed by atoms with Crippen molar-refractivity contribution in [2.75, 3.05) is 32.7 Å². The first-order valence-corrected chi connectivity index (χ1v) is 5.93. The fourth-order valence-electron chi connectivity index (χ4n) is 2.11. The number of nitrogens with one attached hydrogen (secondary N) is 1. The Labute approximate surface area is 96.2 Å². The molecule has 0 aromatic heterocycles. The lowest BCUT2D eigenvalue weighted by atomic mass is 10.3. The van der Waals surface area contributed by atoms with E-state index >= 15 is 0 Å². The van der Waals surface area contributed by atoms with E-state index in [1.54, 1.807) is 0 Å². The highest BCUT2D eigenvalue weighted by Gasteiger charge is 2.30. The van der Waals surface area contributed by atoms with E-state index in [2.05, 4.69) is 15.2 Å². The minimum atomic E-state index is -0.239. The van der Waals surface area contributed by atoms with Gasteiger partial charge in [-0.2, -0.15) is 0 Å². The molecule has 90 valence electrons. The van der Waals surface area contributed by atoms with Gasteiger partial charge in [-0.15, -0.1) is 0 Å². The van der Waals surface area contributed by atoms with E-state index in [0.717, 1.165) is 25.7 Å². The zero-order valence-corrected chi connectivity index (χ0v) is 9.56. The number of carbonyl (C=O) groups excluding carboxylic acids is 1. The lowest BCUT2D eigenvalue weighted by molar-refractivity contribution is -0.116. The van der Waals surface area contributed by atoms with Gasteiger partial charge in [-0.25, -0.2) is 5.84 Å². The Balaban J connectivity index is 1.64. The molecule has 1 saturated carbocycles. The predicted octanol–water partition coefficient (Wildman–Crippen LogP) is -0.687. The zero-order valence-electron chi connectivity index (χ0n) is 9.56. The van der Waals surface area contributed by atoms with Crippen molar-refractivity contribution in [1.29, 1.82) is 0 Å². The average molecular weight is 224 g/mol. The van der Waals surface area contributed by atoms with Gasteiger partial charge in [0.15, 0.2) is 0 Å². The summed E-state index contributed by atoms with van der Waals surface area (Å²) < 4.78 is 0. The minimum Gasteiger partial charge on any atom is -0.298 e. The molecular weight excluding hydrogens is 204 g/mol. The lowest BCUT2D eigenvalue weighted by Crippen LogP contribution is -2.47. The van der Waals surface area contributed by atoms with Crippen molar-refractivity contribution in [3.05, 3.63) is 12.2 Å². The highest BCUT2D eigenvalue weighted by molar-refractivity contribution is 5.86. The summed E-state index contributed by atoms with van der Waals surface area (Å²) in [5.74, 6) is 4.74. The van der Waals surface area contributed by atoms with Crippen molar-refractivity contribution in [2.45, 2.75) is 18.9 Å². The van der Waals surface area contributed by atoms with Gasteiger partial charge in [0.25, 0.3) is 5.91 Å². The number of hydrogen-bond donors (Lipinski definition) is 2. The molecule has 1 saturated heterocycles. The lowest BCUT2D eigenvalue weighted by Gasteiger charge is -2.34. The fraction of sp³-hybridized carbons (Fsp3) is 0.727. The Bertz CT molecular complexity index is 267. The van der Waals surface area contributed by atoms with E-state index in [1.807, 2.05) is 6.08 Å². The molecule has 1 aliphatic carbocycles. The molecule has 0 bridgehead atoms. The van der Waals surface area contributed by atoms with E-state index in [4.69, 9.17) is 5.84 Å². The van der Waals surface area contributed by atoms with Gasteiger partial charge >= 0.3 is 0 Å². The van der Waals surface area contributed by atoms with Crippen molar-refractivity contribution in [3.8, 4) is 0 Å². The van der Waals surface area contributed by atoms with Gasteiger partial charge in [0.05, 0.1) is 0 Å². The molecule has 0 radical (unpaired) electrons. The Hall–Kier alpha value is -0.910. The maximum atomic E-state index is 10.9. The van der Waals surface area contributed by atoms with Crippen LogP contribution in [0.1, 0.15) is 12.8 Å². The summed E-state index contributed by atoms with van der Waals surface area (Å²) in [5.41, 5.74) is 2.08. The number of carbonyl (C=O) groups is 1. The summed E-state index contributed by atoms with van der Waals surface area (Å²) >= 11 is 0. The molecule has 16 heavy (non-hydrogen) atoms. The zero-order chi connectivity index (χ0) is 11.4. The van der Waals surface area contributed by atoms with Crippen LogP contribution >= 0.6 is 0 Å². The number of piperazine rings is 1. The van der Waals surface area contributed by atoms with Gasteiger partial charge < -0.3 is 0 Å². The van der Waals surface area contributed by atoms with Crippen molar-refractivity contribution in [1.82, 2.24) is 15.2 Å². The standard InChI is InChI=1S/C11H20N4O/c12-13-11(16)2-1-5-14-6-8-15(9-7-14)10-3-4-10/h1-2,10H,3-9,12H2,(H,13,16)/b2-1+. The van der Waals surface area contributed by atoms with Gasteiger partial charge in [-0.3, -0.25) is 20.0 Å². The summed E-state index contributed by atoms with van der Waals surface area (Å²) in [6.45, 7) is 5.38. The van der Waals surface area contributed by atoms with Crippen LogP contribution in [0.4, 0.5) is 0 Å². The highest BCUT2D eigenvalue weighted by Crippen LogP contribution is 2.27. The summed E-state index contributed by atoms with van der Waals surface area (Å²) in [4.78, 5) is 15.8. The van der Waals surface area contributed by atoms with E-state index in [1.165, 1.54) is 32.0 Å². The van der Waals surface area contributed by atoms with Crippen LogP contribution in [-0.4, -0.2) is 54.5 Å². The molecule has 5 heteroatoms. The van der Waals surface area contributed by atoms with Crippen LogP contribution in [0.5, 0.6) is 0 Å². The van der Waals surface area contributed by atoms with Crippen LogP contribution in [0, 0.1) is 0 Å². The van der Waals surface area contributed by atoms with Crippen LogP contribution in [-0.2, 0) is 4.79 Å². The van der Waals surface area contributed by atoms with Crippen molar-refractivity contribution < 1.29 is 4.79 Å². The molecule has 1 amide bonds. The Morgan fingerprint density at radius 1 is 1.31 bits per heavy atom. The molecule has 3 N–H and O–H groups in total. The topological polar surface area (TPSA) is 61.6 Å². The summed E-state index contributed by atoms with van der Waals surface area (Å²) in [6.07, 6.45) is 6.13. The number of hydrazine groups is 1. The third-order valence-corrected chi connectivity index (χ3v) is 3.25. The number of rotatable bonds is 4. The molecule has 0 atom stereocenters. The molecule has 2 rings (SSSR count). The Morgan fingerprint density at radius 2 is 2.00 bits per heavy atom. The van der Waals surface area contributed by atoms with E-state index < -0.39 is 0 Å². The second-order valence-electron chi connectivity index (χ2n) is 4.48. The average Bonchev–Trinajstić information content (AvgIpc) is 3.14. The fourth-order valence-corrected chi connectivity index (χ4v) is 2.11. The molecule has 1 heterocycles. The first-order chi connectivity index (χ1) is 7.79. The number of nitrogens with zero attached hydrogens (tertiary/aromatic N) is 2. The van der Waals surface area contributed by atoms with Crippen LogP contribution in [0.15, 0.2) is 12.2 Å². The molecule has 0 unspecified atom stereocenters. The van der Waals surface area contributed by atoms with Crippen LogP contribution in [0.25, 0.3) is 0 Å². The quantitative estimate of drug-likeness (QED) is 0.287. The van der Waals surface area contributed by atoms with Crippen LogP contribution in [0.3, 0.4) is 0 Å². The van der Waals surface area contributed by atoms with Gasteiger partial charge in [0.1, 0.15) is 0 Å². The van der Waals surface area contributed by atoms with Gasteiger partial charge in [0.2, 0.25) is 0 Å². The second kappa shape index (κ2) is 5.43. The van der Waals surface area contributed by atoms with Gasteiger partial charge in [0, 0.05) is 44.8 Å². The molecule has 2 fully saturated rings. The molecule has 5 nitrogen and oxygen atoms in total. The Kier molecular flexibility index (Phi) is 3.93. The predicted molar refractivity (Wildman–Crippen MR) is 62.5 cm³/mol. The Morgan fingerprint density at radius 3 is 2.56 bits per heavy atom. The maximum Gasteiger partial charge on any atom is 0.257 e. The van der Waals surface area contributed by atoms with Crippen molar-refractivity contribution in [3.63, 3.8) is 0 Å². The smallest absolute Gasteiger partial charge is 0.257 e. The van der Waals surface area contributed by atoms with Crippen molar-refractivity contribution in [2.24, 2.45) is 5.84 Å². The third-order valence-electron chi connectivity index (χ3n) is 3.25. The summed E-state index contributed by atoms with van der Waals surface area (Å²) in [7, 11) is 0. The SMILES string of the molecule is NNC(=O)/C=C/CN1CCN(C2CC2)CC1. The van der Waals surface area contributed by atoms with E-state index in [-0.39, 0.29) is 5.91 Å². The first kappa shape index (κ1) is 11.6. The number of amides is 1. The third kappa shape index (κ3) is 3.30. The molecule has 0 aromatic carbocycles. The summed E-state index contributed by atoms with van der Waals surface area (Å²) in [6, 6.07) is 0.876. The minimum absolute atomic E-state index is 0.239. The van der Waals surface area contributed by atoms with Crippen molar-refractivity contribution >= 4 is 5.91 Å². The first-order valence-electron chi connectivity index (χ1n) is 5.93. The monoisotopic (exact) mass is 224 g/mol. The largest absolute Gasteiger partial charge is 0.298 e. The molecular formula is C11H20N4O. The van der Waals surface area contributed by atoms with Crippen LogP contribution < -0.4 is 11.3 Å². The number of hydrogen-bond acceptors (Lipinski definition) is 4. The van der Waals surface area contributed by atoms with Crippen LogP contribution in [0.2, 0.25) is 0 Å². The van der Waals surface area contributed by atoms with E-state index in [9.17, 15) is 4.79 Å². The maximum absolute atomic E-state index is 10.9. The van der Waals surface area contributed by atoms with E-state index in [0.29, 0.717) is 0 Å². The second-order valence-corrected chi connectivity index (χ2v) is 4.48. The normalized spacial score (nSPS) is 23.8. The summed E-state index contributed by atoms with van der Waals surface area (Å²) in [5, 5.41) is 0. The molecule has 2 aliphatic rings. The number of nitrogens with two attached hydrogens (primary N) is 1. The molecule has 1 aliphatic heterocycles. The van der Waals surface area contributed by atoms with Gasteiger partial charge in [-0.1, -0.05) is 6.08 Å². The van der Waals surface area contributed by atoms with Gasteiger partial charge in [-0.05, 0) is 12.8 Å². The molecule has 0 spiro atoms. The molecule has 0 aromatic rings. The highest BCUT2D eigenvalue weighted by atomic mass is 16.2.